The van der Waals surface area contributed by atoms with Crippen molar-refractivity contribution in [2.75, 3.05) is 20.2 Å². The third-order valence-electron chi connectivity index (χ3n) is 5.66. The second-order valence-electron chi connectivity index (χ2n) is 7.96. The van der Waals surface area contributed by atoms with Gasteiger partial charge in [-0.05, 0) is 49.4 Å². The Kier molecular flexibility index (Phi) is 7.12. The molecule has 2 rings (SSSR count). The van der Waals surface area contributed by atoms with Crippen LogP contribution in [0.1, 0.15) is 64.9 Å². The van der Waals surface area contributed by atoms with E-state index in [2.05, 4.69) is 44.9 Å². The number of ether oxygens (including phenoxy) is 1. The fourth-order valence-electron chi connectivity index (χ4n) is 3.45. The molecule has 1 aliphatic carbocycles. The summed E-state index contributed by atoms with van der Waals surface area (Å²) in [5, 5.41) is 10.3. The van der Waals surface area contributed by atoms with Crippen molar-refractivity contribution in [1.82, 2.24) is 4.90 Å². The summed E-state index contributed by atoms with van der Waals surface area (Å²) in [5.74, 6) is 0.838. The van der Waals surface area contributed by atoms with Crippen LogP contribution in [0, 0.1) is 0 Å². The molecule has 0 saturated heterocycles. The molecule has 0 aromatic heterocycles. The summed E-state index contributed by atoms with van der Waals surface area (Å²) in [6, 6.07) is 8.94. The maximum atomic E-state index is 10.3. The van der Waals surface area contributed by atoms with Crippen LogP contribution in [0.15, 0.2) is 24.3 Å². The fourth-order valence-corrected chi connectivity index (χ4v) is 3.45. The summed E-state index contributed by atoms with van der Waals surface area (Å²) < 4.78 is 5.78. The Morgan fingerprint density at radius 2 is 1.79 bits per heavy atom. The van der Waals surface area contributed by atoms with E-state index in [4.69, 9.17) is 4.74 Å². The van der Waals surface area contributed by atoms with E-state index in [1.54, 1.807) is 0 Å². The third-order valence-corrected chi connectivity index (χ3v) is 5.66. The van der Waals surface area contributed by atoms with Gasteiger partial charge in [0.2, 0.25) is 0 Å². The predicted molar refractivity (Wildman–Crippen MR) is 101 cm³/mol. The lowest BCUT2D eigenvalue weighted by atomic mass is 9.82. The van der Waals surface area contributed by atoms with Crippen LogP contribution in [0.5, 0.6) is 5.75 Å². The third kappa shape index (κ3) is 5.49. The zero-order valence-corrected chi connectivity index (χ0v) is 15.9. The largest absolute Gasteiger partial charge is 0.491 e. The number of benzene rings is 1. The lowest BCUT2D eigenvalue weighted by molar-refractivity contribution is 0.0561. The molecule has 0 spiro atoms. The molecule has 3 nitrogen and oxygen atoms in total. The Labute approximate surface area is 148 Å². The Morgan fingerprint density at radius 3 is 2.38 bits per heavy atom. The Balaban J connectivity index is 1.77. The van der Waals surface area contributed by atoms with Gasteiger partial charge < -0.3 is 14.7 Å². The zero-order chi connectivity index (χ0) is 17.6. The first kappa shape index (κ1) is 19.3. The Hall–Kier alpha value is -1.06. The average molecular weight is 334 g/mol. The van der Waals surface area contributed by atoms with Crippen LogP contribution in [-0.4, -0.2) is 42.4 Å². The average Bonchev–Trinajstić information content (AvgIpc) is 2.61. The number of rotatable bonds is 8. The first-order valence-electron chi connectivity index (χ1n) is 9.54. The molecule has 1 unspecified atom stereocenters. The van der Waals surface area contributed by atoms with Gasteiger partial charge in [-0.15, -0.1) is 0 Å². The van der Waals surface area contributed by atoms with E-state index in [1.807, 2.05) is 12.1 Å². The molecule has 3 heteroatoms. The van der Waals surface area contributed by atoms with Gasteiger partial charge in [-0.2, -0.15) is 0 Å². The SMILES string of the molecule is CCC(C)(C)c1ccc(OCC(O)CN(C)C2CCCCC2)cc1. The molecule has 0 amide bonds. The topological polar surface area (TPSA) is 32.7 Å². The van der Waals surface area contributed by atoms with Crippen LogP contribution in [0.2, 0.25) is 0 Å². The van der Waals surface area contributed by atoms with Crippen LogP contribution in [0.4, 0.5) is 0 Å². The molecule has 0 aliphatic heterocycles. The minimum Gasteiger partial charge on any atom is -0.491 e. The van der Waals surface area contributed by atoms with Crippen LogP contribution in [0.3, 0.4) is 0 Å². The van der Waals surface area contributed by atoms with Crippen molar-refractivity contribution in [2.45, 2.75) is 76.9 Å². The van der Waals surface area contributed by atoms with Gasteiger partial charge in [-0.1, -0.05) is 52.2 Å². The lowest BCUT2D eigenvalue weighted by Crippen LogP contribution is -2.40. The van der Waals surface area contributed by atoms with Gasteiger partial charge in [0.1, 0.15) is 18.5 Å². The summed E-state index contributed by atoms with van der Waals surface area (Å²) in [6.45, 7) is 7.77. The highest BCUT2D eigenvalue weighted by molar-refractivity contribution is 5.31. The summed E-state index contributed by atoms with van der Waals surface area (Å²) in [7, 11) is 2.13. The van der Waals surface area contributed by atoms with Crippen molar-refractivity contribution >= 4 is 0 Å². The monoisotopic (exact) mass is 333 g/mol. The first-order valence-corrected chi connectivity index (χ1v) is 9.54. The van der Waals surface area contributed by atoms with E-state index in [-0.39, 0.29) is 5.41 Å². The molecule has 24 heavy (non-hydrogen) atoms. The summed E-state index contributed by atoms with van der Waals surface area (Å²) in [5.41, 5.74) is 1.52. The molecule has 1 N–H and O–H groups in total. The summed E-state index contributed by atoms with van der Waals surface area (Å²) in [6.07, 6.45) is 7.20. The molecule has 136 valence electrons. The molecule has 1 aliphatic rings. The van der Waals surface area contributed by atoms with Gasteiger partial charge in [0.15, 0.2) is 0 Å². The van der Waals surface area contributed by atoms with Crippen LogP contribution in [0.25, 0.3) is 0 Å². The molecule has 1 saturated carbocycles. The Morgan fingerprint density at radius 1 is 1.17 bits per heavy atom. The molecule has 1 aromatic carbocycles. The van der Waals surface area contributed by atoms with E-state index in [0.29, 0.717) is 19.2 Å². The van der Waals surface area contributed by atoms with E-state index >= 15 is 0 Å². The minimum atomic E-state index is -0.441. The van der Waals surface area contributed by atoms with Crippen LogP contribution < -0.4 is 4.74 Å². The van der Waals surface area contributed by atoms with Crippen LogP contribution >= 0.6 is 0 Å². The van der Waals surface area contributed by atoms with E-state index in [1.165, 1.54) is 37.7 Å². The van der Waals surface area contributed by atoms with Crippen molar-refractivity contribution in [3.05, 3.63) is 29.8 Å². The molecule has 1 aromatic rings. The molecule has 1 atom stereocenters. The number of aliphatic hydroxyl groups is 1. The van der Waals surface area contributed by atoms with Crippen molar-refractivity contribution in [2.24, 2.45) is 0 Å². The van der Waals surface area contributed by atoms with Crippen molar-refractivity contribution in [3.8, 4) is 5.75 Å². The molecule has 1 fully saturated rings. The number of likely N-dealkylation sites (N-methyl/N-ethyl adjacent to an activating group) is 1. The maximum Gasteiger partial charge on any atom is 0.119 e. The molecule has 0 bridgehead atoms. The maximum absolute atomic E-state index is 10.3. The van der Waals surface area contributed by atoms with Gasteiger partial charge >= 0.3 is 0 Å². The minimum absolute atomic E-state index is 0.195. The number of nitrogens with zero attached hydrogens (tertiary/aromatic N) is 1. The number of hydrogen-bond donors (Lipinski definition) is 1. The lowest BCUT2D eigenvalue weighted by Gasteiger charge is -2.32. The second kappa shape index (κ2) is 8.87. The second-order valence-corrected chi connectivity index (χ2v) is 7.96. The Bertz CT molecular complexity index is 477. The van der Waals surface area contributed by atoms with E-state index in [9.17, 15) is 5.11 Å². The quantitative estimate of drug-likeness (QED) is 0.766. The van der Waals surface area contributed by atoms with Crippen molar-refractivity contribution < 1.29 is 9.84 Å². The van der Waals surface area contributed by atoms with Gasteiger partial charge in [-0.3, -0.25) is 0 Å². The predicted octanol–water partition coefficient (Wildman–Crippen LogP) is 4.38. The highest BCUT2D eigenvalue weighted by Gasteiger charge is 2.20. The smallest absolute Gasteiger partial charge is 0.119 e. The highest BCUT2D eigenvalue weighted by Crippen LogP contribution is 2.28. The van der Waals surface area contributed by atoms with Gasteiger partial charge in [-0.25, -0.2) is 0 Å². The normalized spacial score (nSPS) is 17.9. The summed E-state index contributed by atoms with van der Waals surface area (Å²) >= 11 is 0. The highest BCUT2D eigenvalue weighted by atomic mass is 16.5. The van der Waals surface area contributed by atoms with Gasteiger partial charge in [0.25, 0.3) is 0 Å². The molecule has 0 heterocycles. The van der Waals surface area contributed by atoms with Crippen LogP contribution in [-0.2, 0) is 5.41 Å². The van der Waals surface area contributed by atoms with Gasteiger partial charge in [0.05, 0.1) is 0 Å². The van der Waals surface area contributed by atoms with Crippen molar-refractivity contribution in [1.29, 1.82) is 0 Å². The number of aliphatic hydroxyl groups excluding tert-OH is 1. The fraction of sp³-hybridized carbons (Fsp3) is 0.714. The van der Waals surface area contributed by atoms with Gasteiger partial charge in [0, 0.05) is 12.6 Å². The zero-order valence-electron chi connectivity index (χ0n) is 15.9. The standard InChI is InChI=1S/C21H35NO2/c1-5-21(2,3)17-11-13-20(14-12-17)24-16-19(23)15-22(4)18-9-7-6-8-10-18/h11-14,18-19,23H,5-10,15-16H2,1-4H3. The molecule has 0 radical (unpaired) electrons. The molecular weight excluding hydrogens is 298 g/mol. The van der Waals surface area contributed by atoms with E-state index < -0.39 is 6.10 Å². The first-order chi connectivity index (χ1) is 11.4. The van der Waals surface area contributed by atoms with E-state index in [0.717, 1.165) is 12.2 Å². The summed E-state index contributed by atoms with van der Waals surface area (Å²) in [4.78, 5) is 2.31. The molecular formula is C21H35NO2. The van der Waals surface area contributed by atoms with Crippen molar-refractivity contribution in [3.63, 3.8) is 0 Å². The number of hydrogen-bond acceptors (Lipinski definition) is 3.